The predicted molar refractivity (Wildman–Crippen MR) is 68.5 cm³/mol. The quantitative estimate of drug-likeness (QED) is 0.790. The largest absolute Gasteiger partial charge is 0.508 e. The lowest BCUT2D eigenvalue weighted by molar-refractivity contribution is 0.112. The summed E-state index contributed by atoms with van der Waals surface area (Å²) in [7, 11) is 0. The van der Waals surface area contributed by atoms with Gasteiger partial charge in [-0.25, -0.2) is 0 Å². The average molecular weight is 232 g/mol. The van der Waals surface area contributed by atoms with Gasteiger partial charge in [-0.2, -0.15) is 0 Å². The second kappa shape index (κ2) is 3.86. The van der Waals surface area contributed by atoms with Crippen LogP contribution < -0.4 is 0 Å². The Morgan fingerprint density at radius 1 is 1.24 bits per heavy atom. The second-order valence-corrected chi connectivity index (χ2v) is 5.96. The number of phenols is 1. The molecule has 0 heterocycles. The van der Waals surface area contributed by atoms with E-state index in [-0.39, 0.29) is 10.8 Å². The van der Waals surface area contributed by atoms with Crippen molar-refractivity contribution in [1.29, 1.82) is 0 Å². The fourth-order valence-corrected chi connectivity index (χ4v) is 3.07. The summed E-state index contributed by atoms with van der Waals surface area (Å²) in [6.07, 6.45) is 4.24. The van der Waals surface area contributed by atoms with E-state index in [0.717, 1.165) is 24.7 Å². The van der Waals surface area contributed by atoms with Crippen molar-refractivity contribution in [1.82, 2.24) is 0 Å². The minimum atomic E-state index is -0.0455. The maximum absolute atomic E-state index is 10.9. The Labute approximate surface area is 103 Å². The Bertz CT molecular complexity index is 448. The van der Waals surface area contributed by atoms with E-state index >= 15 is 0 Å². The van der Waals surface area contributed by atoms with Crippen LogP contribution in [0.4, 0.5) is 0 Å². The van der Waals surface area contributed by atoms with Crippen LogP contribution in [0.15, 0.2) is 18.2 Å². The highest BCUT2D eigenvalue weighted by molar-refractivity contribution is 5.76. The van der Waals surface area contributed by atoms with Gasteiger partial charge in [0, 0.05) is 16.5 Å². The first-order chi connectivity index (χ1) is 7.90. The minimum absolute atomic E-state index is 0.0455. The Morgan fingerprint density at radius 3 is 2.47 bits per heavy atom. The molecule has 1 fully saturated rings. The van der Waals surface area contributed by atoms with Gasteiger partial charge in [0.05, 0.1) is 0 Å². The van der Waals surface area contributed by atoms with Gasteiger partial charge in [0.25, 0.3) is 0 Å². The molecule has 17 heavy (non-hydrogen) atoms. The van der Waals surface area contributed by atoms with Crippen molar-refractivity contribution in [3.05, 3.63) is 29.3 Å². The average Bonchev–Trinajstić information content (AvgIpc) is 2.55. The van der Waals surface area contributed by atoms with Crippen LogP contribution in [-0.2, 0) is 5.41 Å². The number of aromatic hydroxyl groups is 1. The monoisotopic (exact) mass is 232 g/mol. The molecule has 1 atom stereocenters. The number of carbonyl (C=O) groups is 1. The minimum Gasteiger partial charge on any atom is -0.508 e. The molecule has 2 rings (SSSR count). The molecule has 0 saturated heterocycles. The van der Waals surface area contributed by atoms with E-state index in [0.29, 0.717) is 11.3 Å². The maximum atomic E-state index is 10.9. The number of carbonyl (C=O) groups excluding carboxylic acids is 1. The molecule has 0 spiro atoms. The van der Waals surface area contributed by atoms with Gasteiger partial charge in [0.2, 0.25) is 0 Å². The molecular formula is C15H20O2. The number of benzene rings is 1. The normalized spacial score (nSPS) is 27.0. The van der Waals surface area contributed by atoms with Crippen molar-refractivity contribution in [3.8, 4) is 5.75 Å². The zero-order valence-electron chi connectivity index (χ0n) is 10.8. The molecule has 0 aromatic heterocycles. The van der Waals surface area contributed by atoms with Gasteiger partial charge in [-0.15, -0.1) is 0 Å². The topological polar surface area (TPSA) is 37.3 Å². The molecule has 0 bridgehead atoms. The van der Waals surface area contributed by atoms with E-state index in [1.165, 1.54) is 6.42 Å². The second-order valence-electron chi connectivity index (χ2n) is 5.96. The molecule has 0 aliphatic heterocycles. The molecule has 0 unspecified atom stereocenters. The van der Waals surface area contributed by atoms with Crippen molar-refractivity contribution in [2.45, 2.75) is 45.4 Å². The van der Waals surface area contributed by atoms with E-state index in [1.807, 2.05) is 6.07 Å². The SMILES string of the molecule is CC1(C)CCC[C@]1(C)c1cc(C=O)ccc1O. The van der Waals surface area contributed by atoms with Crippen LogP contribution >= 0.6 is 0 Å². The Kier molecular flexibility index (Phi) is 2.76. The summed E-state index contributed by atoms with van der Waals surface area (Å²) in [5.74, 6) is 0.313. The lowest BCUT2D eigenvalue weighted by Gasteiger charge is -2.39. The Hall–Kier alpha value is -1.31. The van der Waals surface area contributed by atoms with E-state index in [9.17, 15) is 9.90 Å². The summed E-state index contributed by atoms with van der Waals surface area (Å²) in [6.45, 7) is 6.68. The third kappa shape index (κ3) is 1.76. The molecule has 1 aromatic carbocycles. The highest BCUT2D eigenvalue weighted by Gasteiger charge is 2.47. The van der Waals surface area contributed by atoms with Crippen LogP contribution in [0.3, 0.4) is 0 Å². The molecule has 1 saturated carbocycles. The molecule has 2 nitrogen and oxygen atoms in total. The van der Waals surface area contributed by atoms with Gasteiger partial charge in [0.1, 0.15) is 12.0 Å². The molecule has 92 valence electrons. The summed E-state index contributed by atoms with van der Waals surface area (Å²) < 4.78 is 0. The molecule has 1 aromatic rings. The van der Waals surface area contributed by atoms with Crippen LogP contribution in [0.25, 0.3) is 0 Å². The molecular weight excluding hydrogens is 212 g/mol. The van der Waals surface area contributed by atoms with Crippen LogP contribution in [0, 0.1) is 5.41 Å². The highest BCUT2D eigenvalue weighted by Crippen LogP contribution is 2.55. The Balaban J connectivity index is 2.56. The zero-order chi connectivity index (χ0) is 12.7. The van der Waals surface area contributed by atoms with Crippen molar-refractivity contribution in [3.63, 3.8) is 0 Å². The smallest absolute Gasteiger partial charge is 0.150 e. The van der Waals surface area contributed by atoms with Gasteiger partial charge in [0.15, 0.2) is 0 Å². The number of hydrogen-bond acceptors (Lipinski definition) is 2. The van der Waals surface area contributed by atoms with Crippen LogP contribution in [-0.4, -0.2) is 11.4 Å². The van der Waals surface area contributed by atoms with Gasteiger partial charge < -0.3 is 5.11 Å². The van der Waals surface area contributed by atoms with Crippen LogP contribution in [0.1, 0.15) is 56.0 Å². The van der Waals surface area contributed by atoms with E-state index in [1.54, 1.807) is 12.1 Å². The standard InChI is InChI=1S/C15H20O2/c1-14(2)7-4-8-15(14,3)12-9-11(10-16)5-6-13(12)17/h5-6,9-10,17H,4,7-8H2,1-3H3/t15-/m1/s1. The first-order valence-electron chi connectivity index (χ1n) is 6.19. The molecule has 0 amide bonds. The fourth-order valence-electron chi connectivity index (χ4n) is 3.07. The van der Waals surface area contributed by atoms with E-state index in [2.05, 4.69) is 20.8 Å². The van der Waals surface area contributed by atoms with Gasteiger partial charge in [-0.1, -0.05) is 27.2 Å². The fraction of sp³-hybridized carbons (Fsp3) is 0.533. The summed E-state index contributed by atoms with van der Waals surface area (Å²) >= 11 is 0. The molecule has 1 aliphatic carbocycles. The van der Waals surface area contributed by atoms with Gasteiger partial charge >= 0.3 is 0 Å². The van der Waals surface area contributed by atoms with Crippen molar-refractivity contribution < 1.29 is 9.90 Å². The third-order valence-corrected chi connectivity index (χ3v) is 4.72. The summed E-state index contributed by atoms with van der Waals surface area (Å²) in [4.78, 5) is 10.9. The molecule has 1 N–H and O–H groups in total. The lowest BCUT2D eigenvalue weighted by Crippen LogP contribution is -2.34. The van der Waals surface area contributed by atoms with Crippen molar-refractivity contribution >= 4 is 6.29 Å². The lowest BCUT2D eigenvalue weighted by atomic mass is 9.65. The number of phenolic OH excluding ortho intramolecular Hbond substituents is 1. The van der Waals surface area contributed by atoms with Gasteiger partial charge in [-0.05, 0) is 36.5 Å². The molecule has 1 aliphatic rings. The summed E-state index contributed by atoms with van der Waals surface area (Å²) in [5.41, 5.74) is 1.67. The van der Waals surface area contributed by atoms with Crippen LogP contribution in [0.2, 0.25) is 0 Å². The van der Waals surface area contributed by atoms with Gasteiger partial charge in [-0.3, -0.25) is 4.79 Å². The molecule has 2 heteroatoms. The zero-order valence-corrected chi connectivity index (χ0v) is 10.8. The number of rotatable bonds is 2. The van der Waals surface area contributed by atoms with E-state index in [4.69, 9.17) is 0 Å². The predicted octanol–water partition coefficient (Wildman–Crippen LogP) is 3.67. The number of hydrogen-bond donors (Lipinski definition) is 1. The van der Waals surface area contributed by atoms with Crippen molar-refractivity contribution in [2.24, 2.45) is 5.41 Å². The summed E-state index contributed by atoms with van der Waals surface area (Å²) in [5, 5.41) is 10.1. The number of aldehydes is 1. The maximum Gasteiger partial charge on any atom is 0.150 e. The first kappa shape index (κ1) is 12.2. The summed E-state index contributed by atoms with van der Waals surface area (Å²) in [6, 6.07) is 5.14. The first-order valence-corrected chi connectivity index (χ1v) is 6.19. The van der Waals surface area contributed by atoms with E-state index < -0.39 is 0 Å². The van der Waals surface area contributed by atoms with Crippen LogP contribution in [0.5, 0.6) is 5.75 Å². The van der Waals surface area contributed by atoms with Crippen molar-refractivity contribution in [2.75, 3.05) is 0 Å². The Morgan fingerprint density at radius 2 is 1.94 bits per heavy atom. The molecule has 0 radical (unpaired) electrons. The third-order valence-electron chi connectivity index (χ3n) is 4.72. The highest BCUT2D eigenvalue weighted by atomic mass is 16.3.